The van der Waals surface area contributed by atoms with Crippen LogP contribution in [-0.2, 0) is 0 Å². The van der Waals surface area contributed by atoms with Crippen LogP contribution in [0.15, 0.2) is 24.3 Å². The summed E-state index contributed by atoms with van der Waals surface area (Å²) < 4.78 is 0. The highest BCUT2D eigenvalue weighted by atomic mass is 35.5. The third kappa shape index (κ3) is 3.84. The molecule has 0 aromatic heterocycles. The summed E-state index contributed by atoms with van der Waals surface area (Å²) in [6, 6.07) is 8.15. The van der Waals surface area contributed by atoms with Gasteiger partial charge in [-0.1, -0.05) is 43.6 Å². The zero-order valence-electron chi connectivity index (χ0n) is 9.76. The van der Waals surface area contributed by atoms with Gasteiger partial charge in [0.05, 0.1) is 0 Å². The Bertz CT molecular complexity index is 296. The quantitative estimate of drug-likeness (QED) is 0.806. The van der Waals surface area contributed by atoms with Crippen LogP contribution in [0.4, 0.5) is 0 Å². The number of nitrogens with one attached hydrogen (secondary N) is 1. The SMILES string of the molecule is CNCC(CC(C)C)c1ccccc1Cl. The molecule has 0 saturated heterocycles. The molecule has 0 amide bonds. The van der Waals surface area contributed by atoms with Gasteiger partial charge in [-0.3, -0.25) is 0 Å². The van der Waals surface area contributed by atoms with Gasteiger partial charge in [-0.05, 0) is 36.9 Å². The van der Waals surface area contributed by atoms with Gasteiger partial charge in [-0.15, -0.1) is 0 Å². The molecule has 1 unspecified atom stereocenters. The maximum Gasteiger partial charge on any atom is 0.0441 e. The molecule has 84 valence electrons. The van der Waals surface area contributed by atoms with E-state index >= 15 is 0 Å². The van der Waals surface area contributed by atoms with Gasteiger partial charge in [0.2, 0.25) is 0 Å². The molecule has 0 spiro atoms. The van der Waals surface area contributed by atoms with Gasteiger partial charge >= 0.3 is 0 Å². The number of hydrogen-bond acceptors (Lipinski definition) is 1. The Morgan fingerprint density at radius 3 is 2.47 bits per heavy atom. The fourth-order valence-corrected chi connectivity index (χ4v) is 2.23. The Balaban J connectivity index is 2.83. The molecule has 2 heteroatoms. The van der Waals surface area contributed by atoms with Crippen molar-refractivity contribution in [3.63, 3.8) is 0 Å². The minimum atomic E-state index is 0.517. The lowest BCUT2D eigenvalue weighted by Crippen LogP contribution is -2.19. The van der Waals surface area contributed by atoms with E-state index < -0.39 is 0 Å². The second-order valence-electron chi connectivity index (χ2n) is 4.41. The Kier molecular flexibility index (Phi) is 5.13. The number of likely N-dealkylation sites (N-methyl/N-ethyl adjacent to an activating group) is 1. The first-order chi connectivity index (χ1) is 7.15. The smallest absolute Gasteiger partial charge is 0.0441 e. The molecule has 0 bridgehead atoms. The summed E-state index contributed by atoms with van der Waals surface area (Å²) in [5.74, 6) is 1.21. The number of hydrogen-bond donors (Lipinski definition) is 1. The number of halogens is 1. The zero-order chi connectivity index (χ0) is 11.3. The van der Waals surface area contributed by atoms with Gasteiger partial charge in [0.15, 0.2) is 0 Å². The van der Waals surface area contributed by atoms with Gasteiger partial charge in [0.1, 0.15) is 0 Å². The molecule has 0 aliphatic heterocycles. The predicted octanol–water partition coefficient (Wildman–Crippen LogP) is 3.69. The fourth-order valence-electron chi connectivity index (χ4n) is 1.94. The van der Waals surface area contributed by atoms with Crippen LogP contribution in [0.3, 0.4) is 0 Å². The first-order valence-corrected chi connectivity index (χ1v) is 5.92. The number of benzene rings is 1. The molecule has 0 aliphatic rings. The van der Waals surface area contributed by atoms with Gasteiger partial charge in [-0.25, -0.2) is 0 Å². The Morgan fingerprint density at radius 2 is 1.93 bits per heavy atom. The third-order valence-corrected chi connectivity index (χ3v) is 2.90. The molecule has 1 aromatic rings. The van der Waals surface area contributed by atoms with Crippen LogP contribution in [-0.4, -0.2) is 13.6 Å². The van der Waals surface area contributed by atoms with E-state index in [0.717, 1.165) is 11.6 Å². The van der Waals surface area contributed by atoms with Gasteiger partial charge in [-0.2, -0.15) is 0 Å². The van der Waals surface area contributed by atoms with Crippen molar-refractivity contribution in [1.82, 2.24) is 5.32 Å². The summed E-state index contributed by atoms with van der Waals surface area (Å²) in [4.78, 5) is 0. The van der Waals surface area contributed by atoms with E-state index in [1.165, 1.54) is 12.0 Å². The minimum absolute atomic E-state index is 0.517. The van der Waals surface area contributed by atoms with E-state index in [1.54, 1.807) is 0 Å². The molecule has 0 heterocycles. The second kappa shape index (κ2) is 6.14. The first kappa shape index (κ1) is 12.5. The number of rotatable bonds is 5. The molecule has 1 nitrogen and oxygen atoms in total. The lowest BCUT2D eigenvalue weighted by Gasteiger charge is -2.20. The lowest BCUT2D eigenvalue weighted by atomic mass is 9.90. The van der Waals surface area contributed by atoms with E-state index in [2.05, 4.69) is 31.3 Å². The lowest BCUT2D eigenvalue weighted by molar-refractivity contribution is 0.484. The molecule has 1 N–H and O–H groups in total. The average molecular weight is 226 g/mol. The average Bonchev–Trinajstić information content (AvgIpc) is 2.17. The van der Waals surface area contributed by atoms with Crippen molar-refractivity contribution < 1.29 is 0 Å². The summed E-state index contributed by atoms with van der Waals surface area (Å²) >= 11 is 6.21. The Labute approximate surface area is 97.8 Å². The molecule has 0 saturated carbocycles. The van der Waals surface area contributed by atoms with Crippen molar-refractivity contribution in [3.8, 4) is 0 Å². The predicted molar refractivity (Wildman–Crippen MR) is 67.6 cm³/mol. The highest BCUT2D eigenvalue weighted by molar-refractivity contribution is 6.31. The zero-order valence-corrected chi connectivity index (χ0v) is 10.5. The Hall–Kier alpha value is -0.530. The summed E-state index contributed by atoms with van der Waals surface area (Å²) in [5, 5.41) is 4.13. The van der Waals surface area contributed by atoms with E-state index in [-0.39, 0.29) is 0 Å². The monoisotopic (exact) mass is 225 g/mol. The van der Waals surface area contributed by atoms with Crippen LogP contribution in [0.25, 0.3) is 0 Å². The summed E-state index contributed by atoms with van der Waals surface area (Å²) in [7, 11) is 1.99. The minimum Gasteiger partial charge on any atom is -0.319 e. The highest BCUT2D eigenvalue weighted by Gasteiger charge is 2.14. The van der Waals surface area contributed by atoms with Crippen LogP contribution in [0.1, 0.15) is 31.7 Å². The van der Waals surface area contributed by atoms with Crippen molar-refractivity contribution in [1.29, 1.82) is 0 Å². The maximum atomic E-state index is 6.21. The Morgan fingerprint density at radius 1 is 1.27 bits per heavy atom. The van der Waals surface area contributed by atoms with Crippen LogP contribution in [0.5, 0.6) is 0 Å². The van der Waals surface area contributed by atoms with E-state index in [0.29, 0.717) is 11.8 Å². The summed E-state index contributed by atoms with van der Waals surface area (Å²) in [6.07, 6.45) is 1.17. The van der Waals surface area contributed by atoms with E-state index in [1.807, 2.05) is 19.2 Å². The van der Waals surface area contributed by atoms with Crippen LogP contribution in [0.2, 0.25) is 5.02 Å². The molecule has 0 fully saturated rings. The van der Waals surface area contributed by atoms with Gasteiger partial charge < -0.3 is 5.32 Å². The van der Waals surface area contributed by atoms with Crippen LogP contribution >= 0.6 is 11.6 Å². The largest absolute Gasteiger partial charge is 0.319 e. The van der Waals surface area contributed by atoms with E-state index in [4.69, 9.17) is 11.6 Å². The van der Waals surface area contributed by atoms with Gasteiger partial charge in [0.25, 0.3) is 0 Å². The molecule has 1 rings (SSSR count). The van der Waals surface area contributed by atoms with Gasteiger partial charge in [0, 0.05) is 11.6 Å². The first-order valence-electron chi connectivity index (χ1n) is 5.54. The van der Waals surface area contributed by atoms with Crippen molar-refractivity contribution in [2.45, 2.75) is 26.2 Å². The normalized spacial score (nSPS) is 13.1. The highest BCUT2D eigenvalue weighted by Crippen LogP contribution is 2.28. The van der Waals surface area contributed by atoms with Crippen molar-refractivity contribution in [3.05, 3.63) is 34.9 Å². The van der Waals surface area contributed by atoms with E-state index in [9.17, 15) is 0 Å². The molecule has 0 aliphatic carbocycles. The van der Waals surface area contributed by atoms with Crippen molar-refractivity contribution in [2.24, 2.45) is 5.92 Å². The fraction of sp³-hybridized carbons (Fsp3) is 0.538. The second-order valence-corrected chi connectivity index (χ2v) is 4.81. The van der Waals surface area contributed by atoms with Crippen molar-refractivity contribution in [2.75, 3.05) is 13.6 Å². The van der Waals surface area contributed by atoms with Crippen LogP contribution in [0, 0.1) is 5.92 Å². The standard InChI is InChI=1S/C13H20ClN/c1-10(2)8-11(9-15-3)12-6-4-5-7-13(12)14/h4-7,10-11,15H,8-9H2,1-3H3. The molecule has 15 heavy (non-hydrogen) atoms. The molecule has 1 aromatic carbocycles. The summed E-state index contributed by atoms with van der Waals surface area (Å²) in [5.41, 5.74) is 1.27. The van der Waals surface area contributed by atoms with Crippen LogP contribution < -0.4 is 5.32 Å². The molecular formula is C13H20ClN. The third-order valence-electron chi connectivity index (χ3n) is 2.55. The summed E-state index contributed by atoms with van der Waals surface area (Å²) in [6.45, 7) is 5.49. The molecular weight excluding hydrogens is 206 g/mol. The topological polar surface area (TPSA) is 12.0 Å². The van der Waals surface area contributed by atoms with Crippen molar-refractivity contribution >= 4 is 11.6 Å². The molecule has 1 atom stereocenters. The molecule has 0 radical (unpaired) electrons. The maximum absolute atomic E-state index is 6.21.